The second-order valence-electron chi connectivity index (χ2n) is 7.94. The minimum absolute atomic E-state index is 0.0991. The third-order valence-corrected chi connectivity index (χ3v) is 6.25. The van der Waals surface area contributed by atoms with Gasteiger partial charge in [-0.05, 0) is 29.2 Å². The first-order chi connectivity index (χ1) is 14.1. The third kappa shape index (κ3) is 3.86. The first-order valence-corrected chi connectivity index (χ1v) is 10.3. The summed E-state index contributed by atoms with van der Waals surface area (Å²) in [6.45, 7) is 3.79. The van der Waals surface area contributed by atoms with Crippen LogP contribution in [0.5, 0.6) is 0 Å². The van der Waals surface area contributed by atoms with E-state index >= 15 is 0 Å². The number of hydrogen-bond donors (Lipinski definition) is 1. The second-order valence-corrected chi connectivity index (χ2v) is 7.94. The Morgan fingerprint density at radius 1 is 1.21 bits per heavy atom. The maximum atomic E-state index is 11.7. The van der Waals surface area contributed by atoms with Crippen LogP contribution in [0.25, 0.3) is 11.0 Å². The Labute approximate surface area is 169 Å². The van der Waals surface area contributed by atoms with Crippen molar-refractivity contribution in [3.63, 3.8) is 0 Å². The summed E-state index contributed by atoms with van der Waals surface area (Å²) in [5, 5.41) is 28.8. The largest absolute Gasteiger partial charge is 0.395 e. The zero-order valence-corrected chi connectivity index (χ0v) is 16.8. The molecule has 10 heteroatoms. The van der Waals surface area contributed by atoms with Crippen molar-refractivity contribution in [2.75, 3.05) is 56.2 Å². The van der Waals surface area contributed by atoms with Gasteiger partial charge in [-0.25, -0.2) is 4.63 Å². The van der Waals surface area contributed by atoms with Gasteiger partial charge in [-0.1, -0.05) is 19.3 Å². The molecule has 0 unspecified atom stereocenters. The Balaban J connectivity index is 1.63. The maximum absolute atomic E-state index is 11.7. The van der Waals surface area contributed by atoms with Crippen molar-refractivity contribution in [3.8, 4) is 0 Å². The number of benzene rings is 1. The fourth-order valence-corrected chi connectivity index (χ4v) is 4.66. The van der Waals surface area contributed by atoms with Gasteiger partial charge < -0.3 is 14.9 Å². The Kier molecular flexibility index (Phi) is 5.81. The summed E-state index contributed by atoms with van der Waals surface area (Å²) in [5.74, 6) is 0. The molecule has 1 aromatic carbocycles. The summed E-state index contributed by atoms with van der Waals surface area (Å²) in [7, 11) is 1.72. The number of piperazine rings is 1. The van der Waals surface area contributed by atoms with Crippen LogP contribution in [0.1, 0.15) is 32.1 Å². The minimum Gasteiger partial charge on any atom is -0.395 e. The molecular weight excluding hydrogens is 376 g/mol. The number of nitro groups is 1. The van der Waals surface area contributed by atoms with Crippen LogP contribution in [0.3, 0.4) is 0 Å². The molecule has 29 heavy (non-hydrogen) atoms. The molecule has 1 aliphatic carbocycles. The molecule has 1 N–H and O–H groups in total. The zero-order valence-electron chi connectivity index (χ0n) is 16.8. The SMILES string of the molecule is CN(CCO)c1cc(N2CCN(C3CCCCC3)CC2)c2nonc2c1[N+](=O)[O-]. The molecule has 0 atom stereocenters. The second kappa shape index (κ2) is 8.50. The van der Waals surface area contributed by atoms with E-state index in [0.29, 0.717) is 17.2 Å². The van der Waals surface area contributed by atoms with Crippen LogP contribution >= 0.6 is 0 Å². The van der Waals surface area contributed by atoms with Gasteiger partial charge in [-0.15, -0.1) is 0 Å². The minimum atomic E-state index is -0.458. The van der Waals surface area contributed by atoms with Crippen LogP contribution in [0.4, 0.5) is 17.1 Å². The third-order valence-electron chi connectivity index (χ3n) is 6.25. The summed E-state index contributed by atoms with van der Waals surface area (Å²) >= 11 is 0. The van der Waals surface area contributed by atoms with Crippen molar-refractivity contribution < 1.29 is 14.7 Å². The molecule has 2 fully saturated rings. The van der Waals surface area contributed by atoms with Crippen molar-refractivity contribution in [1.82, 2.24) is 15.2 Å². The summed E-state index contributed by atoms with van der Waals surface area (Å²) in [5.41, 5.74) is 1.65. The molecule has 0 radical (unpaired) electrons. The molecule has 1 aliphatic heterocycles. The van der Waals surface area contributed by atoms with E-state index in [1.165, 1.54) is 32.1 Å². The van der Waals surface area contributed by atoms with Gasteiger partial charge in [0.15, 0.2) is 5.52 Å². The Morgan fingerprint density at radius 3 is 2.55 bits per heavy atom. The van der Waals surface area contributed by atoms with E-state index in [1.807, 2.05) is 0 Å². The number of nitrogens with zero attached hydrogens (tertiary/aromatic N) is 6. The molecule has 2 aromatic rings. The van der Waals surface area contributed by atoms with Crippen LogP contribution in [0.2, 0.25) is 0 Å². The Morgan fingerprint density at radius 2 is 1.90 bits per heavy atom. The highest BCUT2D eigenvalue weighted by Crippen LogP contribution is 2.40. The number of fused-ring (bicyclic) bond motifs is 1. The van der Waals surface area contributed by atoms with Crippen molar-refractivity contribution >= 4 is 28.1 Å². The first kappa shape index (κ1) is 19.8. The van der Waals surface area contributed by atoms with Crippen molar-refractivity contribution in [2.24, 2.45) is 0 Å². The number of likely N-dealkylation sites (N-methyl/N-ethyl adjacent to an activating group) is 1. The summed E-state index contributed by atoms with van der Waals surface area (Å²) in [6, 6.07) is 2.47. The molecule has 0 bridgehead atoms. The lowest BCUT2D eigenvalue weighted by Crippen LogP contribution is -2.51. The van der Waals surface area contributed by atoms with Crippen LogP contribution in [-0.4, -0.2) is 77.7 Å². The van der Waals surface area contributed by atoms with Gasteiger partial charge in [0.25, 0.3) is 0 Å². The van der Waals surface area contributed by atoms with E-state index in [0.717, 1.165) is 31.9 Å². The molecule has 4 rings (SSSR count). The number of rotatable bonds is 6. The Hall–Kier alpha value is -2.46. The van der Waals surface area contributed by atoms with E-state index in [4.69, 9.17) is 4.63 Å². The molecule has 1 aromatic heterocycles. The molecule has 1 saturated heterocycles. The van der Waals surface area contributed by atoms with Crippen molar-refractivity contribution in [3.05, 3.63) is 16.2 Å². The monoisotopic (exact) mass is 404 g/mol. The van der Waals surface area contributed by atoms with Gasteiger partial charge in [-0.2, -0.15) is 0 Å². The smallest absolute Gasteiger partial charge is 0.323 e. The quantitative estimate of drug-likeness (QED) is 0.571. The molecule has 2 aliphatic rings. The highest BCUT2D eigenvalue weighted by Gasteiger charge is 2.31. The molecule has 158 valence electrons. The Bertz CT molecular complexity index is 858. The highest BCUT2D eigenvalue weighted by atomic mass is 16.6. The van der Waals surface area contributed by atoms with E-state index < -0.39 is 4.92 Å². The first-order valence-electron chi connectivity index (χ1n) is 10.3. The van der Waals surface area contributed by atoms with E-state index in [9.17, 15) is 15.2 Å². The number of nitro benzene ring substituents is 1. The summed E-state index contributed by atoms with van der Waals surface area (Å²) < 4.78 is 4.89. The van der Waals surface area contributed by atoms with E-state index in [2.05, 4.69) is 20.1 Å². The highest BCUT2D eigenvalue weighted by molar-refractivity contribution is 6.00. The van der Waals surface area contributed by atoms with Gasteiger partial charge in [0.1, 0.15) is 5.69 Å². The van der Waals surface area contributed by atoms with Crippen LogP contribution in [0, 0.1) is 10.1 Å². The fraction of sp³-hybridized carbons (Fsp3) is 0.684. The van der Waals surface area contributed by atoms with Gasteiger partial charge >= 0.3 is 5.69 Å². The number of anilines is 2. The number of aliphatic hydroxyl groups is 1. The normalized spacial score (nSPS) is 19.0. The lowest BCUT2D eigenvalue weighted by molar-refractivity contribution is -0.382. The van der Waals surface area contributed by atoms with Crippen molar-refractivity contribution in [1.29, 1.82) is 0 Å². The molecule has 0 spiro atoms. The number of aromatic nitrogens is 2. The number of aliphatic hydroxyl groups excluding tert-OH is 1. The zero-order chi connectivity index (χ0) is 20.4. The lowest BCUT2D eigenvalue weighted by atomic mass is 9.94. The molecule has 0 amide bonds. The predicted molar refractivity (Wildman–Crippen MR) is 109 cm³/mol. The van der Waals surface area contributed by atoms with Crippen LogP contribution in [0.15, 0.2) is 10.7 Å². The summed E-state index contributed by atoms with van der Waals surface area (Å²) in [6.07, 6.45) is 6.55. The molecule has 2 heterocycles. The predicted octanol–water partition coefficient (Wildman–Crippen LogP) is 2.01. The van der Waals surface area contributed by atoms with Crippen LogP contribution < -0.4 is 9.80 Å². The average Bonchev–Trinajstić information content (AvgIpc) is 3.23. The average molecular weight is 404 g/mol. The lowest BCUT2D eigenvalue weighted by Gasteiger charge is -2.41. The molecule has 1 saturated carbocycles. The molecule has 10 nitrogen and oxygen atoms in total. The van der Waals surface area contributed by atoms with Gasteiger partial charge in [0, 0.05) is 45.8 Å². The topological polar surface area (TPSA) is 112 Å². The maximum Gasteiger partial charge on any atom is 0.323 e. The van der Waals surface area contributed by atoms with Gasteiger partial charge in [0.2, 0.25) is 5.52 Å². The van der Waals surface area contributed by atoms with E-state index in [-0.39, 0.29) is 24.4 Å². The van der Waals surface area contributed by atoms with Gasteiger partial charge in [-0.3, -0.25) is 15.0 Å². The van der Waals surface area contributed by atoms with Crippen molar-refractivity contribution in [2.45, 2.75) is 38.1 Å². The molecular formula is C19H28N6O4. The van der Waals surface area contributed by atoms with E-state index in [1.54, 1.807) is 18.0 Å². The van der Waals surface area contributed by atoms with Crippen LogP contribution in [-0.2, 0) is 0 Å². The standard InChI is InChI=1S/C19H28N6O4/c1-22(11-12-26)16-13-15(17-18(21-29-20-17)19(16)25(27)28)24-9-7-23(8-10-24)14-5-3-2-4-6-14/h13-14,26H,2-12H2,1H3. The fourth-order valence-electron chi connectivity index (χ4n) is 4.66. The number of hydrogen-bond acceptors (Lipinski definition) is 9. The summed E-state index contributed by atoms with van der Waals surface area (Å²) in [4.78, 5) is 17.7. The van der Waals surface area contributed by atoms with Gasteiger partial charge in [0.05, 0.1) is 17.2 Å².